The Bertz CT molecular complexity index is 903. The molecule has 0 saturated carbocycles. The molecule has 1 heterocycles. The van der Waals surface area contributed by atoms with Gasteiger partial charge in [0.15, 0.2) is 0 Å². The van der Waals surface area contributed by atoms with E-state index in [1.807, 2.05) is 42.5 Å². The normalized spacial score (nSPS) is 10.8. The molecule has 0 radical (unpaired) electrons. The third-order valence-corrected chi connectivity index (χ3v) is 4.48. The average Bonchev–Trinajstić information content (AvgIpc) is 3.10. The predicted octanol–water partition coefficient (Wildman–Crippen LogP) is 3.45. The molecule has 7 heteroatoms. The summed E-state index contributed by atoms with van der Waals surface area (Å²) in [6.07, 6.45) is 3.22. The minimum atomic E-state index is -0.254. The van der Waals surface area contributed by atoms with Crippen molar-refractivity contribution in [2.45, 2.75) is 0 Å². The molecular weight excluding hydrogens is 431 g/mol. The fourth-order valence-electron chi connectivity index (χ4n) is 2.25. The summed E-state index contributed by atoms with van der Waals surface area (Å²) in [5, 5.41) is 11.0. The van der Waals surface area contributed by atoms with E-state index in [1.165, 1.54) is 0 Å². The minimum absolute atomic E-state index is 0.254. The van der Waals surface area contributed by atoms with Crippen molar-refractivity contribution in [3.63, 3.8) is 0 Å². The number of hydrogen-bond acceptors (Lipinski definition) is 4. The number of aromatic amines is 1. The monoisotopic (exact) mass is 446 g/mol. The van der Waals surface area contributed by atoms with Crippen LogP contribution in [0.15, 0.2) is 59.8 Å². The second kappa shape index (κ2) is 7.93. The molecule has 0 atom stereocenters. The predicted molar refractivity (Wildman–Crippen MR) is 105 cm³/mol. The van der Waals surface area contributed by atoms with Crippen molar-refractivity contribution >= 4 is 34.7 Å². The van der Waals surface area contributed by atoms with Crippen LogP contribution in [0.25, 0.3) is 11.3 Å². The lowest BCUT2D eigenvalue weighted by atomic mass is 10.1. The maximum absolute atomic E-state index is 12.2. The molecule has 25 heavy (non-hydrogen) atoms. The van der Waals surface area contributed by atoms with E-state index in [2.05, 4.69) is 43.3 Å². The summed E-state index contributed by atoms with van der Waals surface area (Å²) in [5.74, 6) is 0.527. The van der Waals surface area contributed by atoms with Crippen LogP contribution in [-0.4, -0.2) is 29.4 Å². The van der Waals surface area contributed by atoms with Gasteiger partial charge in [-0.15, -0.1) is 0 Å². The zero-order chi connectivity index (χ0) is 17.6. The van der Waals surface area contributed by atoms with E-state index < -0.39 is 0 Å². The van der Waals surface area contributed by atoms with Gasteiger partial charge in [0, 0.05) is 14.7 Å². The number of carbonyl (C=O) groups excluding carboxylic acids is 1. The Kier molecular flexibility index (Phi) is 5.44. The molecule has 1 aromatic heterocycles. The van der Waals surface area contributed by atoms with E-state index in [0.717, 1.165) is 26.1 Å². The van der Waals surface area contributed by atoms with Gasteiger partial charge >= 0.3 is 0 Å². The summed E-state index contributed by atoms with van der Waals surface area (Å²) in [6.45, 7) is 0. The van der Waals surface area contributed by atoms with Gasteiger partial charge in [0.25, 0.3) is 5.91 Å². The minimum Gasteiger partial charge on any atom is -0.497 e. The largest absolute Gasteiger partial charge is 0.497 e. The van der Waals surface area contributed by atoms with Gasteiger partial charge in [-0.2, -0.15) is 10.2 Å². The van der Waals surface area contributed by atoms with Gasteiger partial charge in [-0.3, -0.25) is 9.89 Å². The second-order valence-electron chi connectivity index (χ2n) is 5.11. The van der Waals surface area contributed by atoms with Gasteiger partial charge in [-0.25, -0.2) is 5.43 Å². The summed E-state index contributed by atoms with van der Waals surface area (Å²) >= 11 is 2.12. The van der Waals surface area contributed by atoms with Crippen molar-refractivity contribution < 1.29 is 9.53 Å². The Labute approximate surface area is 158 Å². The van der Waals surface area contributed by atoms with Crippen LogP contribution in [0.3, 0.4) is 0 Å². The molecule has 0 unspecified atom stereocenters. The standard InChI is InChI=1S/C18H15IN4O2/c1-25-14-8-6-12(7-9-14)17-13(10-20-22-17)11-21-23-18(24)15-4-2-3-5-16(15)19/h2-11H,1H3,(H,20,22)(H,23,24)/b21-11-. The van der Waals surface area contributed by atoms with Gasteiger partial charge in [0.2, 0.25) is 0 Å². The number of H-pyrrole nitrogens is 1. The zero-order valence-electron chi connectivity index (χ0n) is 13.4. The highest BCUT2D eigenvalue weighted by molar-refractivity contribution is 14.1. The summed E-state index contributed by atoms with van der Waals surface area (Å²) in [6, 6.07) is 14.9. The van der Waals surface area contributed by atoms with E-state index in [1.54, 1.807) is 25.6 Å². The topological polar surface area (TPSA) is 79.4 Å². The number of carbonyl (C=O) groups is 1. The van der Waals surface area contributed by atoms with Crippen LogP contribution in [0, 0.1) is 3.57 Å². The molecule has 0 aliphatic heterocycles. The summed E-state index contributed by atoms with van der Waals surface area (Å²) in [5.41, 5.74) is 5.66. The highest BCUT2D eigenvalue weighted by Crippen LogP contribution is 2.22. The van der Waals surface area contributed by atoms with E-state index in [-0.39, 0.29) is 5.91 Å². The van der Waals surface area contributed by atoms with Crippen LogP contribution in [0.2, 0.25) is 0 Å². The number of ether oxygens (including phenoxy) is 1. The molecule has 0 aliphatic carbocycles. The first-order valence-corrected chi connectivity index (χ1v) is 8.52. The van der Waals surface area contributed by atoms with Gasteiger partial charge in [0.1, 0.15) is 5.75 Å². The highest BCUT2D eigenvalue weighted by atomic mass is 127. The Morgan fingerprint density at radius 1 is 1.24 bits per heavy atom. The van der Waals surface area contributed by atoms with E-state index in [4.69, 9.17) is 4.74 Å². The van der Waals surface area contributed by atoms with Gasteiger partial charge in [-0.1, -0.05) is 12.1 Å². The number of methoxy groups -OCH3 is 1. The first-order valence-electron chi connectivity index (χ1n) is 7.45. The number of hydrogen-bond donors (Lipinski definition) is 2. The average molecular weight is 446 g/mol. The molecule has 126 valence electrons. The van der Waals surface area contributed by atoms with Gasteiger partial charge < -0.3 is 4.74 Å². The van der Waals surface area contributed by atoms with E-state index >= 15 is 0 Å². The number of halogens is 1. The second-order valence-corrected chi connectivity index (χ2v) is 6.27. The lowest BCUT2D eigenvalue weighted by Crippen LogP contribution is -2.18. The van der Waals surface area contributed by atoms with Crippen LogP contribution in [0.4, 0.5) is 0 Å². The Hall–Kier alpha value is -2.68. The summed E-state index contributed by atoms with van der Waals surface area (Å²) in [4.78, 5) is 12.2. The van der Waals surface area contributed by atoms with Crippen molar-refractivity contribution in [2.75, 3.05) is 7.11 Å². The van der Waals surface area contributed by atoms with E-state index in [9.17, 15) is 4.79 Å². The van der Waals surface area contributed by atoms with Crippen molar-refractivity contribution in [3.05, 3.63) is 69.4 Å². The van der Waals surface area contributed by atoms with Crippen LogP contribution in [-0.2, 0) is 0 Å². The SMILES string of the molecule is COc1ccc(-c2[nH]ncc2/C=N\NC(=O)c2ccccc2I)cc1. The molecule has 2 aromatic carbocycles. The van der Waals surface area contributed by atoms with Crippen LogP contribution in [0.5, 0.6) is 5.75 Å². The number of aromatic nitrogens is 2. The molecule has 6 nitrogen and oxygen atoms in total. The number of rotatable bonds is 5. The number of hydrazone groups is 1. The maximum atomic E-state index is 12.2. The quantitative estimate of drug-likeness (QED) is 0.358. The third kappa shape index (κ3) is 4.05. The molecule has 3 rings (SSSR count). The third-order valence-electron chi connectivity index (χ3n) is 3.54. The van der Waals surface area contributed by atoms with Crippen molar-refractivity contribution in [1.29, 1.82) is 0 Å². The number of nitrogens with one attached hydrogen (secondary N) is 2. The molecule has 0 fully saturated rings. The van der Waals surface area contributed by atoms with Gasteiger partial charge in [-0.05, 0) is 59.0 Å². The molecule has 2 N–H and O–H groups in total. The highest BCUT2D eigenvalue weighted by Gasteiger charge is 2.09. The smallest absolute Gasteiger partial charge is 0.272 e. The van der Waals surface area contributed by atoms with Crippen molar-refractivity contribution in [3.8, 4) is 17.0 Å². The zero-order valence-corrected chi connectivity index (χ0v) is 15.5. The molecule has 0 aliphatic rings. The lowest BCUT2D eigenvalue weighted by Gasteiger charge is -2.03. The molecule has 0 spiro atoms. The van der Waals surface area contributed by atoms with Crippen molar-refractivity contribution in [2.24, 2.45) is 5.10 Å². The molecule has 1 amide bonds. The summed E-state index contributed by atoms with van der Waals surface area (Å²) < 4.78 is 6.03. The molecule has 3 aromatic rings. The van der Waals surface area contributed by atoms with Gasteiger partial charge in [0.05, 0.1) is 30.8 Å². The molecule has 0 bridgehead atoms. The number of benzene rings is 2. The first kappa shape index (κ1) is 17.2. The summed E-state index contributed by atoms with van der Waals surface area (Å²) in [7, 11) is 1.62. The van der Waals surface area contributed by atoms with Crippen LogP contribution in [0.1, 0.15) is 15.9 Å². The van der Waals surface area contributed by atoms with Crippen molar-refractivity contribution in [1.82, 2.24) is 15.6 Å². The fraction of sp³-hybridized carbons (Fsp3) is 0.0556. The Morgan fingerprint density at radius 3 is 2.72 bits per heavy atom. The van der Waals surface area contributed by atoms with E-state index in [0.29, 0.717) is 5.56 Å². The Balaban J connectivity index is 1.73. The Morgan fingerprint density at radius 2 is 2.00 bits per heavy atom. The lowest BCUT2D eigenvalue weighted by molar-refractivity contribution is 0.0954. The van der Waals surface area contributed by atoms with Crippen LogP contribution < -0.4 is 10.2 Å². The number of amides is 1. The molecular formula is C18H15IN4O2. The maximum Gasteiger partial charge on any atom is 0.272 e. The number of nitrogens with zero attached hydrogens (tertiary/aromatic N) is 2. The first-order chi connectivity index (χ1) is 12.2. The molecule has 0 saturated heterocycles. The fourth-order valence-corrected chi connectivity index (χ4v) is 2.88. The van der Waals surface area contributed by atoms with Crippen LogP contribution >= 0.6 is 22.6 Å².